The number of aliphatic carboxylic acids is 2. The van der Waals surface area contributed by atoms with Crippen molar-refractivity contribution in [1.29, 1.82) is 0 Å². The summed E-state index contributed by atoms with van der Waals surface area (Å²) in [4.78, 5) is 22.7. The molecule has 0 aromatic heterocycles. The van der Waals surface area contributed by atoms with Gasteiger partial charge in [-0.15, -0.1) is 0 Å². The maximum absolute atomic E-state index is 11.4. The summed E-state index contributed by atoms with van der Waals surface area (Å²) in [6.07, 6.45) is 11.0. The molecule has 0 rings (SSSR count). The molecule has 0 spiro atoms. The molecule has 4 nitrogen and oxygen atoms in total. The zero-order valence-corrected chi connectivity index (χ0v) is 14.2. The smallest absolute Gasteiger partial charge is 0.332 e. The molecule has 128 valence electrons. The van der Waals surface area contributed by atoms with E-state index in [1.165, 1.54) is 19.3 Å². The van der Waals surface area contributed by atoms with E-state index in [1.54, 1.807) is 0 Å². The van der Waals surface area contributed by atoms with E-state index in [4.69, 9.17) is 0 Å². The molecule has 0 saturated carbocycles. The number of carboxylic acids is 2. The number of hydrogen-bond donors (Lipinski definition) is 2. The highest BCUT2D eigenvalue weighted by atomic mass is 16.4. The Hall–Kier alpha value is -1.32. The lowest BCUT2D eigenvalue weighted by Crippen LogP contribution is -2.12. The van der Waals surface area contributed by atoms with Gasteiger partial charge in [0.15, 0.2) is 0 Å². The van der Waals surface area contributed by atoms with Crippen molar-refractivity contribution in [2.75, 3.05) is 0 Å². The average molecular weight is 312 g/mol. The molecular weight excluding hydrogens is 280 g/mol. The fraction of sp³-hybridized carbons (Fsp3) is 0.778. The first-order valence-electron chi connectivity index (χ1n) is 8.73. The molecule has 0 unspecified atom stereocenters. The lowest BCUT2D eigenvalue weighted by atomic mass is 9.96. The largest absolute Gasteiger partial charge is 0.478 e. The van der Waals surface area contributed by atoms with Gasteiger partial charge in [-0.25, -0.2) is 9.59 Å². The number of carbonyl (C=O) groups is 2. The van der Waals surface area contributed by atoms with Crippen LogP contribution in [0.1, 0.15) is 90.9 Å². The SMILES string of the molecule is CCCCCCCCC(C(=O)O)=C(CCCCCC)C(=O)O. The van der Waals surface area contributed by atoms with Crippen LogP contribution in [0.4, 0.5) is 0 Å². The van der Waals surface area contributed by atoms with Crippen LogP contribution in [0.5, 0.6) is 0 Å². The van der Waals surface area contributed by atoms with Crippen molar-refractivity contribution in [2.45, 2.75) is 90.9 Å². The maximum atomic E-state index is 11.4. The Morgan fingerprint density at radius 2 is 0.909 bits per heavy atom. The number of hydrogen-bond acceptors (Lipinski definition) is 2. The molecule has 0 aliphatic heterocycles. The van der Waals surface area contributed by atoms with E-state index in [9.17, 15) is 19.8 Å². The van der Waals surface area contributed by atoms with Crippen LogP contribution in [0.2, 0.25) is 0 Å². The van der Waals surface area contributed by atoms with Gasteiger partial charge in [0.2, 0.25) is 0 Å². The Morgan fingerprint density at radius 1 is 0.591 bits per heavy atom. The first kappa shape index (κ1) is 20.7. The van der Waals surface area contributed by atoms with E-state index in [-0.39, 0.29) is 11.1 Å². The second-order valence-corrected chi connectivity index (χ2v) is 5.90. The highest BCUT2D eigenvalue weighted by molar-refractivity contribution is 5.98. The zero-order valence-electron chi connectivity index (χ0n) is 14.2. The molecule has 0 aliphatic carbocycles. The van der Waals surface area contributed by atoms with Crippen LogP contribution in [0.15, 0.2) is 11.1 Å². The van der Waals surface area contributed by atoms with Crippen molar-refractivity contribution in [2.24, 2.45) is 0 Å². The normalized spacial score (nSPS) is 12.1. The molecule has 4 heteroatoms. The van der Waals surface area contributed by atoms with E-state index in [0.29, 0.717) is 12.8 Å². The second-order valence-electron chi connectivity index (χ2n) is 5.90. The second kappa shape index (κ2) is 13.4. The van der Waals surface area contributed by atoms with Crippen LogP contribution < -0.4 is 0 Å². The predicted octanol–water partition coefficient (Wildman–Crippen LogP) is 5.17. The fourth-order valence-corrected chi connectivity index (χ4v) is 2.58. The first-order valence-corrected chi connectivity index (χ1v) is 8.73. The van der Waals surface area contributed by atoms with Crippen LogP contribution in [0.25, 0.3) is 0 Å². The van der Waals surface area contributed by atoms with Gasteiger partial charge in [0.25, 0.3) is 0 Å². The third-order valence-corrected chi connectivity index (χ3v) is 3.94. The Morgan fingerprint density at radius 3 is 1.27 bits per heavy atom. The first-order chi connectivity index (χ1) is 10.5. The van der Waals surface area contributed by atoms with E-state index >= 15 is 0 Å². The van der Waals surface area contributed by atoms with Crippen molar-refractivity contribution in [3.8, 4) is 0 Å². The van der Waals surface area contributed by atoms with Crippen molar-refractivity contribution < 1.29 is 19.8 Å². The maximum Gasteiger partial charge on any atom is 0.332 e. The topological polar surface area (TPSA) is 74.6 Å². The molecule has 0 aromatic rings. The van der Waals surface area contributed by atoms with Gasteiger partial charge in [-0.05, 0) is 25.7 Å². The van der Waals surface area contributed by atoms with Crippen LogP contribution in [0, 0.1) is 0 Å². The monoisotopic (exact) mass is 312 g/mol. The number of carboxylic acid groups (broad SMARTS) is 2. The zero-order chi connectivity index (χ0) is 16.8. The highest BCUT2D eigenvalue weighted by Crippen LogP contribution is 2.20. The van der Waals surface area contributed by atoms with Gasteiger partial charge in [-0.1, -0.05) is 65.2 Å². The third-order valence-electron chi connectivity index (χ3n) is 3.94. The summed E-state index contributed by atoms with van der Waals surface area (Å²) >= 11 is 0. The Kier molecular flexibility index (Phi) is 12.5. The van der Waals surface area contributed by atoms with Gasteiger partial charge in [0.1, 0.15) is 0 Å². The van der Waals surface area contributed by atoms with Gasteiger partial charge in [0.05, 0.1) is 0 Å². The summed E-state index contributed by atoms with van der Waals surface area (Å²) in [5.41, 5.74) is 0.219. The summed E-state index contributed by atoms with van der Waals surface area (Å²) in [7, 11) is 0. The molecule has 0 aromatic carbocycles. The van der Waals surface area contributed by atoms with Gasteiger partial charge in [0, 0.05) is 11.1 Å². The van der Waals surface area contributed by atoms with Crippen LogP contribution in [-0.4, -0.2) is 22.2 Å². The van der Waals surface area contributed by atoms with Gasteiger partial charge in [-0.2, -0.15) is 0 Å². The fourth-order valence-electron chi connectivity index (χ4n) is 2.58. The van der Waals surface area contributed by atoms with Gasteiger partial charge < -0.3 is 10.2 Å². The molecule has 0 amide bonds. The highest BCUT2D eigenvalue weighted by Gasteiger charge is 2.19. The molecule has 0 radical (unpaired) electrons. The summed E-state index contributed by atoms with van der Waals surface area (Å²) < 4.78 is 0. The third kappa shape index (κ3) is 9.59. The molecule has 0 bridgehead atoms. The quantitative estimate of drug-likeness (QED) is 0.342. The molecule has 2 N–H and O–H groups in total. The minimum atomic E-state index is -1.07. The van der Waals surface area contributed by atoms with Gasteiger partial charge in [-0.3, -0.25) is 0 Å². The van der Waals surface area contributed by atoms with Crippen molar-refractivity contribution in [3.05, 3.63) is 11.1 Å². The molecule has 22 heavy (non-hydrogen) atoms. The molecular formula is C18H32O4. The minimum Gasteiger partial charge on any atom is -0.478 e. The van der Waals surface area contributed by atoms with Crippen LogP contribution in [0.3, 0.4) is 0 Å². The number of unbranched alkanes of at least 4 members (excludes halogenated alkanes) is 8. The van der Waals surface area contributed by atoms with Crippen molar-refractivity contribution in [1.82, 2.24) is 0 Å². The Bertz CT molecular complexity index is 358. The van der Waals surface area contributed by atoms with E-state index in [1.807, 2.05) is 0 Å². The summed E-state index contributed by atoms with van der Waals surface area (Å²) in [5, 5.41) is 18.6. The Labute approximate surface area is 134 Å². The minimum absolute atomic E-state index is 0.108. The van der Waals surface area contributed by atoms with Gasteiger partial charge >= 0.3 is 11.9 Å². The van der Waals surface area contributed by atoms with E-state index in [0.717, 1.165) is 44.9 Å². The molecule has 0 atom stereocenters. The molecule has 0 aliphatic rings. The summed E-state index contributed by atoms with van der Waals surface area (Å²) in [6.45, 7) is 4.25. The van der Waals surface area contributed by atoms with E-state index < -0.39 is 11.9 Å². The average Bonchev–Trinajstić information content (AvgIpc) is 2.47. The predicted molar refractivity (Wildman–Crippen MR) is 89.0 cm³/mol. The lowest BCUT2D eigenvalue weighted by Gasteiger charge is -2.09. The van der Waals surface area contributed by atoms with Crippen LogP contribution >= 0.6 is 0 Å². The van der Waals surface area contributed by atoms with Crippen molar-refractivity contribution >= 4 is 11.9 Å². The molecule has 0 saturated heterocycles. The van der Waals surface area contributed by atoms with Crippen LogP contribution in [-0.2, 0) is 9.59 Å². The lowest BCUT2D eigenvalue weighted by molar-refractivity contribution is -0.136. The summed E-state index contributed by atoms with van der Waals surface area (Å²) in [5.74, 6) is -2.14. The van der Waals surface area contributed by atoms with Crippen molar-refractivity contribution in [3.63, 3.8) is 0 Å². The number of rotatable bonds is 14. The molecule has 0 fully saturated rings. The Balaban J connectivity index is 4.52. The van der Waals surface area contributed by atoms with E-state index in [2.05, 4.69) is 13.8 Å². The summed E-state index contributed by atoms with van der Waals surface area (Å²) in [6, 6.07) is 0. The molecule has 0 heterocycles. The standard InChI is InChI=1S/C18H32O4/c1-3-5-7-9-10-12-14-16(18(21)22)15(17(19)20)13-11-8-6-4-2/h3-14H2,1-2H3,(H,19,20)(H,21,22).